The predicted octanol–water partition coefficient (Wildman–Crippen LogP) is 3.22. The minimum Gasteiger partial charge on any atom is -0.336 e. The average molecular weight is 319 g/mol. The number of carbonyl (C=O) groups excluding carboxylic acids is 1. The van der Waals surface area contributed by atoms with Gasteiger partial charge in [0.2, 0.25) is 0 Å². The van der Waals surface area contributed by atoms with Gasteiger partial charge in [0.05, 0.1) is 6.04 Å². The van der Waals surface area contributed by atoms with Gasteiger partial charge in [-0.2, -0.15) is 11.3 Å². The minimum atomic E-state index is 0.162. The first-order valence-corrected chi connectivity index (χ1v) is 9.54. The molecular formula is C17H25N3OS. The highest BCUT2D eigenvalue weighted by Crippen LogP contribution is 2.49. The van der Waals surface area contributed by atoms with E-state index in [4.69, 9.17) is 0 Å². The Morgan fingerprint density at radius 1 is 1.23 bits per heavy atom. The van der Waals surface area contributed by atoms with Gasteiger partial charge in [0.1, 0.15) is 0 Å². The molecule has 0 bridgehead atoms. The van der Waals surface area contributed by atoms with Crippen molar-refractivity contribution in [3.05, 3.63) is 22.4 Å². The number of carbonyl (C=O) groups is 1. The Morgan fingerprint density at radius 2 is 2.05 bits per heavy atom. The van der Waals surface area contributed by atoms with E-state index in [-0.39, 0.29) is 11.6 Å². The van der Waals surface area contributed by atoms with Gasteiger partial charge in [-0.1, -0.05) is 0 Å². The molecule has 5 heteroatoms. The summed E-state index contributed by atoms with van der Waals surface area (Å²) in [6.07, 6.45) is 7.36. The molecule has 3 aliphatic rings. The van der Waals surface area contributed by atoms with Crippen LogP contribution in [0.2, 0.25) is 0 Å². The molecule has 1 atom stereocenters. The summed E-state index contributed by atoms with van der Waals surface area (Å²) in [4.78, 5) is 17.2. The van der Waals surface area contributed by atoms with E-state index in [1.165, 1.54) is 44.1 Å². The standard InChI is InChI=1S/C17H25N3OS/c21-16(20-10-3-5-17(20)6-7-17)18-12-15(14-4-11-22-13-14)19-8-1-2-9-19/h4,11,13,15H,1-3,5-10,12H2,(H,18,21). The van der Waals surface area contributed by atoms with Crippen LogP contribution in [-0.4, -0.2) is 47.5 Å². The van der Waals surface area contributed by atoms with E-state index in [1.807, 2.05) is 0 Å². The second-order valence-corrected chi connectivity index (χ2v) is 7.76. The highest BCUT2D eigenvalue weighted by atomic mass is 32.1. The maximum absolute atomic E-state index is 12.6. The van der Waals surface area contributed by atoms with Crippen LogP contribution < -0.4 is 5.32 Å². The third-order valence-electron chi connectivity index (χ3n) is 5.62. The third kappa shape index (κ3) is 2.65. The van der Waals surface area contributed by atoms with Gasteiger partial charge in [-0.05, 0) is 74.0 Å². The number of likely N-dealkylation sites (tertiary alicyclic amines) is 2. The van der Waals surface area contributed by atoms with E-state index in [0.29, 0.717) is 6.04 Å². The second-order valence-electron chi connectivity index (χ2n) is 6.98. The fraction of sp³-hybridized carbons (Fsp3) is 0.706. The molecule has 1 aromatic heterocycles. The number of urea groups is 1. The predicted molar refractivity (Wildman–Crippen MR) is 89.2 cm³/mol. The van der Waals surface area contributed by atoms with Gasteiger partial charge in [-0.25, -0.2) is 4.79 Å². The number of amides is 2. The van der Waals surface area contributed by atoms with Crippen molar-refractivity contribution in [1.82, 2.24) is 15.1 Å². The Balaban J connectivity index is 1.40. The second kappa shape index (κ2) is 5.85. The summed E-state index contributed by atoms with van der Waals surface area (Å²) >= 11 is 1.75. The molecule has 2 saturated heterocycles. The largest absolute Gasteiger partial charge is 0.336 e. The van der Waals surface area contributed by atoms with Crippen LogP contribution in [0.25, 0.3) is 0 Å². The molecule has 1 N–H and O–H groups in total. The van der Waals surface area contributed by atoms with Gasteiger partial charge in [-0.3, -0.25) is 4.90 Å². The summed E-state index contributed by atoms with van der Waals surface area (Å²) in [5.41, 5.74) is 1.60. The summed E-state index contributed by atoms with van der Waals surface area (Å²) in [5, 5.41) is 7.60. The van der Waals surface area contributed by atoms with Crippen molar-refractivity contribution in [3.63, 3.8) is 0 Å². The number of hydrogen-bond donors (Lipinski definition) is 1. The number of thiophene rings is 1. The zero-order valence-corrected chi connectivity index (χ0v) is 13.9. The van der Waals surface area contributed by atoms with Crippen molar-refractivity contribution in [2.45, 2.75) is 50.1 Å². The molecule has 1 aliphatic carbocycles. The van der Waals surface area contributed by atoms with E-state index in [1.54, 1.807) is 11.3 Å². The van der Waals surface area contributed by atoms with Crippen molar-refractivity contribution in [2.75, 3.05) is 26.2 Å². The summed E-state index contributed by atoms with van der Waals surface area (Å²) in [5.74, 6) is 0. The summed E-state index contributed by atoms with van der Waals surface area (Å²) in [6.45, 7) is 3.99. The molecule has 3 fully saturated rings. The zero-order chi connectivity index (χ0) is 15.0. The Hall–Kier alpha value is -1.07. The SMILES string of the molecule is O=C(NCC(c1ccsc1)N1CCCC1)N1CCCC12CC2. The minimum absolute atomic E-state index is 0.162. The molecular weight excluding hydrogens is 294 g/mol. The maximum atomic E-state index is 12.6. The Morgan fingerprint density at radius 3 is 2.73 bits per heavy atom. The highest BCUT2D eigenvalue weighted by Gasteiger charge is 2.52. The monoisotopic (exact) mass is 319 g/mol. The lowest BCUT2D eigenvalue weighted by Crippen LogP contribution is -2.46. The van der Waals surface area contributed by atoms with Crippen LogP contribution in [0.1, 0.15) is 50.1 Å². The zero-order valence-electron chi connectivity index (χ0n) is 13.1. The van der Waals surface area contributed by atoms with E-state index in [2.05, 4.69) is 31.9 Å². The van der Waals surface area contributed by atoms with Crippen LogP contribution in [0.5, 0.6) is 0 Å². The molecule has 4 nitrogen and oxygen atoms in total. The van der Waals surface area contributed by atoms with E-state index < -0.39 is 0 Å². The smallest absolute Gasteiger partial charge is 0.317 e. The van der Waals surface area contributed by atoms with E-state index in [9.17, 15) is 4.79 Å². The molecule has 0 radical (unpaired) electrons. The van der Waals surface area contributed by atoms with Crippen LogP contribution in [0.15, 0.2) is 16.8 Å². The molecule has 2 amide bonds. The molecule has 120 valence electrons. The lowest BCUT2D eigenvalue weighted by atomic mass is 10.1. The van der Waals surface area contributed by atoms with Crippen molar-refractivity contribution >= 4 is 17.4 Å². The van der Waals surface area contributed by atoms with Crippen molar-refractivity contribution in [2.24, 2.45) is 0 Å². The Kier molecular flexibility index (Phi) is 3.86. The van der Waals surface area contributed by atoms with Gasteiger partial charge in [-0.15, -0.1) is 0 Å². The number of nitrogens with one attached hydrogen (secondary N) is 1. The maximum Gasteiger partial charge on any atom is 0.317 e. The van der Waals surface area contributed by atoms with Crippen LogP contribution in [0, 0.1) is 0 Å². The molecule has 0 aromatic carbocycles. The van der Waals surface area contributed by atoms with Gasteiger partial charge in [0.15, 0.2) is 0 Å². The summed E-state index contributed by atoms with van der Waals surface area (Å²) in [7, 11) is 0. The first kappa shape index (κ1) is 14.5. The molecule has 1 unspecified atom stereocenters. The van der Waals surface area contributed by atoms with Gasteiger partial charge in [0.25, 0.3) is 0 Å². The molecule has 3 heterocycles. The summed E-state index contributed by atoms with van der Waals surface area (Å²) < 4.78 is 0. The lowest BCUT2D eigenvalue weighted by molar-refractivity contribution is 0.179. The van der Waals surface area contributed by atoms with Crippen LogP contribution in [0.3, 0.4) is 0 Å². The first-order valence-electron chi connectivity index (χ1n) is 8.60. The molecule has 22 heavy (non-hydrogen) atoms. The van der Waals surface area contributed by atoms with Crippen molar-refractivity contribution in [1.29, 1.82) is 0 Å². The molecule has 2 aliphatic heterocycles. The normalized spacial score (nSPS) is 24.8. The number of rotatable bonds is 4. The third-order valence-corrected chi connectivity index (χ3v) is 6.33. The molecule has 4 rings (SSSR count). The van der Waals surface area contributed by atoms with Gasteiger partial charge >= 0.3 is 6.03 Å². The number of nitrogens with zero attached hydrogens (tertiary/aromatic N) is 2. The van der Waals surface area contributed by atoms with Gasteiger partial charge in [0, 0.05) is 18.6 Å². The Bertz CT molecular complexity index is 520. The fourth-order valence-corrected chi connectivity index (χ4v) is 4.88. The Labute approximate surface area is 136 Å². The van der Waals surface area contributed by atoms with Gasteiger partial charge < -0.3 is 10.2 Å². The van der Waals surface area contributed by atoms with Crippen molar-refractivity contribution < 1.29 is 4.79 Å². The van der Waals surface area contributed by atoms with Crippen LogP contribution in [0.4, 0.5) is 4.79 Å². The average Bonchev–Trinajstić information content (AvgIpc) is 3.00. The molecule has 1 aromatic rings. The van der Waals surface area contributed by atoms with E-state index >= 15 is 0 Å². The summed E-state index contributed by atoms with van der Waals surface area (Å²) in [6, 6.07) is 2.71. The quantitative estimate of drug-likeness (QED) is 0.925. The lowest BCUT2D eigenvalue weighted by Gasteiger charge is -2.30. The molecule has 1 saturated carbocycles. The highest BCUT2D eigenvalue weighted by molar-refractivity contribution is 7.07. The van der Waals surface area contributed by atoms with Crippen LogP contribution in [-0.2, 0) is 0 Å². The topological polar surface area (TPSA) is 35.6 Å². The first-order chi connectivity index (χ1) is 10.8. The number of hydrogen-bond acceptors (Lipinski definition) is 3. The van der Waals surface area contributed by atoms with Crippen molar-refractivity contribution in [3.8, 4) is 0 Å². The molecule has 1 spiro atoms. The fourth-order valence-electron chi connectivity index (χ4n) is 4.17. The van der Waals surface area contributed by atoms with Crippen LogP contribution >= 0.6 is 11.3 Å². The van der Waals surface area contributed by atoms with E-state index in [0.717, 1.165) is 26.2 Å².